The zero-order valence-corrected chi connectivity index (χ0v) is 13.8. The number of hydrogen-bond acceptors (Lipinski definition) is 4. The first-order valence-electron chi connectivity index (χ1n) is 7.45. The van der Waals surface area contributed by atoms with Gasteiger partial charge in [0.15, 0.2) is 0 Å². The first-order valence-corrected chi connectivity index (χ1v) is 8.24. The predicted octanol–water partition coefficient (Wildman–Crippen LogP) is 3.20. The number of hydrogen-bond donors (Lipinski definition) is 2. The van der Waals surface area contributed by atoms with Crippen molar-refractivity contribution < 1.29 is 4.79 Å². The number of aromatic amines is 1. The van der Waals surface area contributed by atoms with Crippen molar-refractivity contribution in [1.82, 2.24) is 15.2 Å². The summed E-state index contributed by atoms with van der Waals surface area (Å²) >= 11 is 3.31. The molecule has 1 aliphatic rings. The fourth-order valence-corrected chi connectivity index (χ4v) is 2.84. The Hall–Kier alpha value is -1.89. The molecule has 0 atom stereocenters. The van der Waals surface area contributed by atoms with Crippen LogP contribution in [-0.2, 0) is 0 Å². The highest BCUT2D eigenvalue weighted by Gasteiger charge is 2.13. The van der Waals surface area contributed by atoms with Gasteiger partial charge in [-0.2, -0.15) is 5.10 Å². The maximum absolute atomic E-state index is 12.2. The van der Waals surface area contributed by atoms with Crippen LogP contribution in [0.5, 0.6) is 0 Å². The zero-order valence-electron chi connectivity index (χ0n) is 12.2. The molecule has 1 aliphatic heterocycles. The van der Waals surface area contributed by atoms with Crippen molar-refractivity contribution >= 4 is 33.5 Å². The van der Waals surface area contributed by atoms with Gasteiger partial charge in [0.1, 0.15) is 11.6 Å². The van der Waals surface area contributed by atoms with Crippen molar-refractivity contribution in [3.05, 3.63) is 34.6 Å². The van der Waals surface area contributed by atoms with Gasteiger partial charge in [-0.3, -0.25) is 9.89 Å². The van der Waals surface area contributed by atoms with Gasteiger partial charge in [0.25, 0.3) is 5.91 Å². The molecule has 7 heteroatoms. The Morgan fingerprint density at radius 2 is 1.95 bits per heavy atom. The molecule has 2 aromatic heterocycles. The van der Waals surface area contributed by atoms with Crippen LogP contribution in [0.2, 0.25) is 0 Å². The number of pyridine rings is 1. The van der Waals surface area contributed by atoms with Gasteiger partial charge in [-0.25, -0.2) is 4.98 Å². The minimum Gasteiger partial charge on any atom is -0.357 e. The average Bonchev–Trinajstić information content (AvgIpc) is 2.79. The van der Waals surface area contributed by atoms with E-state index < -0.39 is 0 Å². The molecule has 2 N–H and O–H groups in total. The Morgan fingerprint density at radius 1 is 1.18 bits per heavy atom. The van der Waals surface area contributed by atoms with Crippen LogP contribution in [0.4, 0.5) is 11.6 Å². The number of nitrogens with zero attached hydrogens (tertiary/aromatic N) is 3. The number of carbonyl (C=O) groups excluding carboxylic acids is 1. The van der Waals surface area contributed by atoms with E-state index in [9.17, 15) is 4.79 Å². The van der Waals surface area contributed by atoms with E-state index in [0.717, 1.165) is 23.4 Å². The summed E-state index contributed by atoms with van der Waals surface area (Å²) in [5.74, 6) is 1.28. The lowest BCUT2D eigenvalue weighted by Crippen LogP contribution is -2.25. The second-order valence-electron chi connectivity index (χ2n) is 5.35. The van der Waals surface area contributed by atoms with Crippen LogP contribution in [0.3, 0.4) is 0 Å². The average molecular weight is 364 g/mol. The molecule has 1 saturated heterocycles. The summed E-state index contributed by atoms with van der Waals surface area (Å²) in [7, 11) is 0. The summed E-state index contributed by atoms with van der Waals surface area (Å²) in [5, 5.41) is 9.32. The van der Waals surface area contributed by atoms with E-state index in [2.05, 4.69) is 41.3 Å². The standard InChI is InChI=1S/C15H18BrN5O/c16-12-10-18-20-14(12)19-15(22)11-5-6-13(17-9-11)21-7-3-1-2-4-8-21/h5-6,9-10H,1-4,7-8H2,(H2,18,19,20,22). The van der Waals surface area contributed by atoms with Crippen molar-refractivity contribution in [2.75, 3.05) is 23.3 Å². The number of halogens is 1. The van der Waals surface area contributed by atoms with Crippen molar-refractivity contribution in [2.24, 2.45) is 0 Å². The smallest absolute Gasteiger partial charge is 0.258 e. The molecule has 3 heterocycles. The van der Waals surface area contributed by atoms with Gasteiger partial charge in [0.2, 0.25) is 0 Å². The Labute approximate surface area is 137 Å². The third-order valence-corrected chi connectivity index (χ3v) is 4.37. The first kappa shape index (κ1) is 15.0. The van der Waals surface area contributed by atoms with Crippen molar-refractivity contribution in [3.8, 4) is 0 Å². The highest BCUT2D eigenvalue weighted by molar-refractivity contribution is 9.10. The van der Waals surface area contributed by atoms with E-state index in [4.69, 9.17) is 0 Å². The summed E-state index contributed by atoms with van der Waals surface area (Å²) in [4.78, 5) is 18.9. The predicted molar refractivity (Wildman–Crippen MR) is 89.2 cm³/mol. The molecule has 0 radical (unpaired) electrons. The molecule has 0 saturated carbocycles. The molecule has 2 aromatic rings. The van der Waals surface area contributed by atoms with Gasteiger partial charge in [-0.15, -0.1) is 0 Å². The van der Waals surface area contributed by atoms with Crippen LogP contribution < -0.4 is 10.2 Å². The maximum Gasteiger partial charge on any atom is 0.258 e. The van der Waals surface area contributed by atoms with E-state index in [1.807, 2.05) is 12.1 Å². The first-order chi connectivity index (χ1) is 10.7. The van der Waals surface area contributed by atoms with Crippen LogP contribution in [0.1, 0.15) is 36.0 Å². The molecule has 22 heavy (non-hydrogen) atoms. The van der Waals surface area contributed by atoms with E-state index in [1.54, 1.807) is 12.4 Å². The molecule has 0 spiro atoms. The fraction of sp³-hybridized carbons (Fsp3) is 0.400. The number of aromatic nitrogens is 3. The summed E-state index contributed by atoms with van der Waals surface area (Å²) in [6.07, 6.45) is 8.21. The number of anilines is 2. The van der Waals surface area contributed by atoms with E-state index in [1.165, 1.54) is 25.7 Å². The highest BCUT2D eigenvalue weighted by atomic mass is 79.9. The lowest BCUT2D eigenvalue weighted by molar-refractivity contribution is 0.102. The van der Waals surface area contributed by atoms with Gasteiger partial charge in [0, 0.05) is 19.3 Å². The van der Waals surface area contributed by atoms with Crippen LogP contribution >= 0.6 is 15.9 Å². The third kappa shape index (κ3) is 3.47. The third-order valence-electron chi connectivity index (χ3n) is 3.77. The lowest BCUT2D eigenvalue weighted by Gasteiger charge is -2.21. The summed E-state index contributed by atoms with van der Waals surface area (Å²) < 4.78 is 0.718. The van der Waals surface area contributed by atoms with Crippen molar-refractivity contribution in [3.63, 3.8) is 0 Å². The monoisotopic (exact) mass is 363 g/mol. The normalized spacial score (nSPS) is 15.4. The molecule has 6 nitrogen and oxygen atoms in total. The largest absolute Gasteiger partial charge is 0.357 e. The number of H-pyrrole nitrogens is 1. The van der Waals surface area contributed by atoms with Gasteiger partial charge < -0.3 is 10.2 Å². The Balaban J connectivity index is 1.68. The quantitative estimate of drug-likeness (QED) is 0.877. The van der Waals surface area contributed by atoms with E-state index >= 15 is 0 Å². The lowest BCUT2D eigenvalue weighted by atomic mass is 10.2. The summed E-state index contributed by atoms with van der Waals surface area (Å²) in [5.41, 5.74) is 0.528. The van der Waals surface area contributed by atoms with Crippen molar-refractivity contribution in [2.45, 2.75) is 25.7 Å². The number of nitrogens with one attached hydrogen (secondary N) is 2. The molecular formula is C15H18BrN5O. The molecule has 0 bridgehead atoms. The van der Waals surface area contributed by atoms with E-state index in [0.29, 0.717) is 11.4 Å². The zero-order chi connectivity index (χ0) is 15.4. The Morgan fingerprint density at radius 3 is 2.55 bits per heavy atom. The molecule has 3 rings (SSSR count). The van der Waals surface area contributed by atoms with Crippen LogP contribution in [0.25, 0.3) is 0 Å². The van der Waals surface area contributed by atoms with Gasteiger partial charge in [0.05, 0.1) is 16.2 Å². The van der Waals surface area contributed by atoms with Crippen molar-refractivity contribution in [1.29, 1.82) is 0 Å². The second-order valence-corrected chi connectivity index (χ2v) is 6.21. The highest BCUT2D eigenvalue weighted by Crippen LogP contribution is 2.20. The SMILES string of the molecule is O=C(Nc1[nH]ncc1Br)c1ccc(N2CCCCCC2)nc1. The maximum atomic E-state index is 12.2. The molecule has 116 valence electrons. The molecule has 1 fully saturated rings. The summed E-state index contributed by atoms with van der Waals surface area (Å²) in [6, 6.07) is 3.73. The summed E-state index contributed by atoms with van der Waals surface area (Å²) in [6.45, 7) is 2.08. The molecule has 0 aromatic carbocycles. The van der Waals surface area contributed by atoms with E-state index in [-0.39, 0.29) is 5.91 Å². The topological polar surface area (TPSA) is 73.9 Å². The van der Waals surface area contributed by atoms with Crippen LogP contribution in [0, 0.1) is 0 Å². The molecular weight excluding hydrogens is 346 g/mol. The molecule has 1 amide bonds. The number of rotatable bonds is 3. The second kappa shape index (κ2) is 6.91. The Bertz CT molecular complexity index is 632. The van der Waals surface area contributed by atoms with Gasteiger partial charge in [-0.05, 0) is 40.9 Å². The van der Waals surface area contributed by atoms with Crippen LogP contribution in [-0.4, -0.2) is 34.2 Å². The van der Waals surface area contributed by atoms with Gasteiger partial charge in [-0.1, -0.05) is 12.8 Å². The number of carbonyl (C=O) groups is 1. The number of amides is 1. The minimum absolute atomic E-state index is 0.208. The van der Waals surface area contributed by atoms with Gasteiger partial charge >= 0.3 is 0 Å². The molecule has 0 aliphatic carbocycles. The Kier molecular flexibility index (Phi) is 4.72. The fourth-order valence-electron chi connectivity index (χ4n) is 2.55. The van der Waals surface area contributed by atoms with Crippen LogP contribution in [0.15, 0.2) is 29.0 Å². The minimum atomic E-state index is -0.208. The molecule has 0 unspecified atom stereocenters.